The van der Waals surface area contributed by atoms with Crippen molar-refractivity contribution in [1.82, 2.24) is 4.72 Å². The van der Waals surface area contributed by atoms with E-state index in [1.54, 1.807) is 6.07 Å². The molecule has 3 rings (SSSR count). The predicted octanol–water partition coefficient (Wildman–Crippen LogP) is 4.84. The number of benzene rings is 1. The summed E-state index contributed by atoms with van der Waals surface area (Å²) < 4.78 is 21.7. The maximum absolute atomic E-state index is 12.9. The summed E-state index contributed by atoms with van der Waals surface area (Å²) in [5, 5.41) is 0.580. The largest absolute Gasteiger partial charge is 0.598 e. The second-order valence-corrected chi connectivity index (χ2v) is 12.0. The Morgan fingerprint density at radius 3 is 2.41 bits per heavy atom. The highest BCUT2D eigenvalue weighted by Crippen LogP contribution is 2.34. The second-order valence-electron chi connectivity index (χ2n) is 10.1. The smallest absolute Gasteiger partial charge is 0.200 e. The summed E-state index contributed by atoms with van der Waals surface area (Å²) in [5.74, 6) is 0.632. The zero-order chi connectivity index (χ0) is 21.6. The van der Waals surface area contributed by atoms with Crippen LogP contribution in [0.3, 0.4) is 0 Å². The lowest BCUT2D eigenvalue weighted by Crippen LogP contribution is -2.40. The van der Waals surface area contributed by atoms with Gasteiger partial charge in [0.1, 0.15) is 10.3 Å². The van der Waals surface area contributed by atoms with Crippen LogP contribution in [0.1, 0.15) is 71.6 Å². The van der Waals surface area contributed by atoms with E-state index in [0.717, 1.165) is 37.1 Å². The molecule has 0 amide bonds. The summed E-state index contributed by atoms with van der Waals surface area (Å²) in [5.41, 5.74) is 2.75. The first-order chi connectivity index (χ1) is 13.4. The van der Waals surface area contributed by atoms with Crippen LogP contribution in [0.5, 0.6) is 0 Å². The lowest BCUT2D eigenvalue weighted by Gasteiger charge is -2.37. The quantitative estimate of drug-likeness (QED) is 0.720. The van der Waals surface area contributed by atoms with E-state index < -0.39 is 11.4 Å². The van der Waals surface area contributed by atoms with Gasteiger partial charge in [0.25, 0.3) is 0 Å². The van der Waals surface area contributed by atoms with E-state index in [-0.39, 0.29) is 16.2 Å². The number of rotatable bonds is 4. The van der Waals surface area contributed by atoms with Crippen LogP contribution in [0.4, 0.5) is 5.88 Å². The van der Waals surface area contributed by atoms with Crippen molar-refractivity contribution in [1.29, 1.82) is 0 Å². The van der Waals surface area contributed by atoms with Crippen molar-refractivity contribution in [3.8, 4) is 0 Å². The normalized spacial score (nSPS) is 19.4. The van der Waals surface area contributed by atoms with Gasteiger partial charge in [0, 0.05) is 36.1 Å². The van der Waals surface area contributed by atoms with Gasteiger partial charge in [0.15, 0.2) is 11.3 Å². The summed E-state index contributed by atoms with van der Waals surface area (Å²) in [6.45, 7) is 16.1. The molecular weight excluding hydrogens is 384 g/mol. The second kappa shape index (κ2) is 7.97. The van der Waals surface area contributed by atoms with Crippen molar-refractivity contribution in [3.63, 3.8) is 0 Å². The Balaban J connectivity index is 2.02. The Morgan fingerprint density at radius 1 is 1.21 bits per heavy atom. The van der Waals surface area contributed by atoms with Gasteiger partial charge in [0.05, 0.1) is 11.4 Å². The van der Waals surface area contributed by atoms with Crippen molar-refractivity contribution >= 4 is 28.2 Å². The molecule has 5 nitrogen and oxygen atoms in total. The van der Waals surface area contributed by atoms with Gasteiger partial charge >= 0.3 is 0 Å². The molecule has 160 valence electrons. The summed E-state index contributed by atoms with van der Waals surface area (Å²) in [7, 11) is 0. The van der Waals surface area contributed by atoms with E-state index in [9.17, 15) is 9.35 Å². The Hall–Kier alpha value is -1.50. The Kier molecular flexibility index (Phi) is 6.10. The van der Waals surface area contributed by atoms with Crippen LogP contribution in [0, 0.1) is 12.3 Å². The molecule has 0 radical (unpaired) electrons. The molecule has 1 aromatic heterocycles. The SMILES string of the molecule is Cc1cc(C(C)N[S@+]([O-])C(C)(C)C)c2oc(N3CCC(C)(C)CC3)cc(=O)c2c1. The van der Waals surface area contributed by atoms with E-state index in [1.165, 1.54) is 0 Å². The molecular formula is C23H34N2O3S. The topological polar surface area (TPSA) is 68.5 Å². The van der Waals surface area contributed by atoms with Crippen LogP contribution in [-0.4, -0.2) is 22.4 Å². The minimum atomic E-state index is -1.22. The van der Waals surface area contributed by atoms with Gasteiger partial charge in [-0.05, 0) is 64.5 Å². The van der Waals surface area contributed by atoms with Gasteiger partial charge in [-0.25, -0.2) is 0 Å². The number of hydrogen-bond donors (Lipinski definition) is 1. The number of nitrogens with zero attached hydrogens (tertiary/aromatic N) is 1. The molecule has 1 aromatic carbocycles. The molecule has 2 aromatic rings. The molecule has 1 saturated heterocycles. The van der Waals surface area contributed by atoms with Crippen LogP contribution < -0.4 is 15.1 Å². The lowest BCUT2D eigenvalue weighted by molar-refractivity contribution is 0.274. The highest BCUT2D eigenvalue weighted by Gasteiger charge is 2.30. The first-order valence-corrected chi connectivity index (χ1v) is 11.5. The number of aryl methyl sites for hydroxylation is 1. The van der Waals surface area contributed by atoms with Gasteiger partial charge in [-0.1, -0.05) is 19.9 Å². The zero-order valence-corrected chi connectivity index (χ0v) is 19.5. The molecule has 1 N–H and O–H groups in total. The van der Waals surface area contributed by atoms with Gasteiger partial charge in [0.2, 0.25) is 0 Å². The molecule has 1 fully saturated rings. The first-order valence-electron chi connectivity index (χ1n) is 10.4. The number of hydrogen-bond acceptors (Lipinski definition) is 5. The summed E-state index contributed by atoms with van der Waals surface area (Å²) in [4.78, 5) is 15.1. The molecule has 0 spiro atoms. The molecule has 2 atom stereocenters. The molecule has 29 heavy (non-hydrogen) atoms. The van der Waals surface area contributed by atoms with Crippen LogP contribution in [0.25, 0.3) is 11.0 Å². The summed E-state index contributed by atoms with van der Waals surface area (Å²) >= 11 is -1.22. The van der Waals surface area contributed by atoms with E-state index in [0.29, 0.717) is 22.3 Å². The van der Waals surface area contributed by atoms with Crippen molar-refractivity contribution in [3.05, 3.63) is 39.5 Å². The highest BCUT2D eigenvalue weighted by molar-refractivity contribution is 7.90. The average molecular weight is 419 g/mol. The fourth-order valence-electron chi connectivity index (χ4n) is 3.63. The van der Waals surface area contributed by atoms with E-state index >= 15 is 0 Å². The lowest BCUT2D eigenvalue weighted by atomic mass is 9.83. The third-order valence-corrected chi connectivity index (χ3v) is 7.40. The van der Waals surface area contributed by atoms with Crippen molar-refractivity contribution < 1.29 is 8.97 Å². The number of nitrogens with one attached hydrogen (secondary N) is 1. The Morgan fingerprint density at radius 2 is 1.83 bits per heavy atom. The van der Waals surface area contributed by atoms with Crippen molar-refractivity contribution in [2.75, 3.05) is 18.0 Å². The maximum Gasteiger partial charge on any atom is 0.200 e. The van der Waals surface area contributed by atoms with Gasteiger partial charge < -0.3 is 13.9 Å². The van der Waals surface area contributed by atoms with E-state index in [1.807, 2.05) is 46.8 Å². The van der Waals surface area contributed by atoms with Crippen LogP contribution in [0.2, 0.25) is 0 Å². The van der Waals surface area contributed by atoms with Crippen molar-refractivity contribution in [2.24, 2.45) is 5.41 Å². The predicted molar refractivity (Wildman–Crippen MR) is 122 cm³/mol. The van der Waals surface area contributed by atoms with Crippen LogP contribution >= 0.6 is 0 Å². The molecule has 0 aliphatic carbocycles. The number of fused-ring (bicyclic) bond motifs is 1. The standard InChI is InChI=1S/C23H34N2O3S/c1-15-12-17(16(2)24-29(27)22(3,4)5)21-18(13-15)19(26)14-20(28-21)25-10-8-23(6,7)9-11-25/h12-14,16,24H,8-11H2,1-7H3/t16?,29-/m1/s1. The van der Waals surface area contributed by atoms with Crippen LogP contribution in [-0.2, 0) is 11.4 Å². The molecule has 1 aliphatic rings. The molecule has 6 heteroatoms. The first kappa shape index (κ1) is 22.2. The minimum Gasteiger partial charge on any atom is -0.598 e. The Bertz CT molecular complexity index is 936. The van der Waals surface area contributed by atoms with Crippen molar-refractivity contribution in [2.45, 2.75) is 72.1 Å². The minimum absolute atomic E-state index is 0.0276. The summed E-state index contributed by atoms with van der Waals surface area (Å²) in [6, 6.07) is 5.30. The summed E-state index contributed by atoms with van der Waals surface area (Å²) in [6.07, 6.45) is 2.13. The van der Waals surface area contributed by atoms with Gasteiger partial charge in [-0.3, -0.25) is 4.79 Å². The van der Waals surface area contributed by atoms with E-state index in [2.05, 4.69) is 23.5 Å². The van der Waals surface area contributed by atoms with E-state index in [4.69, 9.17) is 4.42 Å². The third kappa shape index (κ3) is 4.98. The molecule has 1 unspecified atom stereocenters. The highest BCUT2D eigenvalue weighted by atomic mass is 32.2. The maximum atomic E-state index is 12.9. The molecule has 0 saturated carbocycles. The van der Waals surface area contributed by atoms with Gasteiger partial charge in [-0.2, -0.15) is 0 Å². The average Bonchev–Trinajstić information content (AvgIpc) is 2.60. The molecule has 2 heterocycles. The zero-order valence-electron chi connectivity index (χ0n) is 18.7. The monoisotopic (exact) mass is 418 g/mol. The molecule has 1 aliphatic heterocycles. The molecule has 0 bridgehead atoms. The van der Waals surface area contributed by atoms with Gasteiger partial charge in [-0.15, -0.1) is 4.72 Å². The third-order valence-electron chi connectivity index (χ3n) is 5.72. The number of anilines is 1. The fourth-order valence-corrected chi connectivity index (χ4v) is 4.43. The Labute approximate surface area is 177 Å². The fraction of sp³-hybridized carbons (Fsp3) is 0.609. The van der Waals surface area contributed by atoms with Crippen LogP contribution in [0.15, 0.2) is 27.4 Å². The number of piperidine rings is 1.